The fraction of sp³-hybridized carbons (Fsp3) is 0.786. The monoisotopic (exact) mass is 803 g/mol. The zero-order chi connectivity index (χ0) is 43.1. The first kappa shape index (κ1) is 52.2. The minimum Gasteiger partial charge on any atom is -0.507 e. The maximum Gasteiger partial charge on any atom is 0.123 e. The second-order valence-electron chi connectivity index (χ2n) is 20.7. The van der Waals surface area contributed by atoms with E-state index in [0.29, 0.717) is 11.5 Å². The highest BCUT2D eigenvalue weighted by molar-refractivity contribution is 5.62. The van der Waals surface area contributed by atoms with Gasteiger partial charge < -0.3 is 10.2 Å². The molecule has 0 bridgehead atoms. The van der Waals surface area contributed by atoms with Gasteiger partial charge in [0.15, 0.2) is 0 Å². The summed E-state index contributed by atoms with van der Waals surface area (Å²) < 4.78 is 0. The molecule has 0 aliphatic carbocycles. The predicted octanol–water partition coefficient (Wildman–Crippen LogP) is 18.3. The summed E-state index contributed by atoms with van der Waals surface area (Å²) in [7, 11) is 0. The van der Waals surface area contributed by atoms with Gasteiger partial charge in [-0.1, -0.05) is 217 Å². The molecule has 2 rings (SSSR count). The topological polar surface area (TPSA) is 40.5 Å². The van der Waals surface area contributed by atoms with Gasteiger partial charge in [0.25, 0.3) is 0 Å². The molecule has 1 atom stereocenters. The Morgan fingerprint density at radius 2 is 0.793 bits per heavy atom. The summed E-state index contributed by atoms with van der Waals surface area (Å²) in [4.78, 5) is 0. The lowest BCUT2D eigenvalue weighted by molar-refractivity contribution is 0.432. The Bertz CT molecular complexity index is 1420. The van der Waals surface area contributed by atoms with Crippen molar-refractivity contribution in [3.63, 3.8) is 0 Å². The van der Waals surface area contributed by atoms with Crippen LogP contribution >= 0.6 is 0 Å². The highest BCUT2D eigenvalue weighted by atomic mass is 16.3. The first-order valence-corrected chi connectivity index (χ1v) is 25.4. The van der Waals surface area contributed by atoms with E-state index in [4.69, 9.17) is 0 Å². The second kappa shape index (κ2) is 27.8. The summed E-state index contributed by atoms with van der Waals surface area (Å²) >= 11 is 0. The Balaban J connectivity index is 2.73. The minimum absolute atomic E-state index is 0.167. The predicted molar refractivity (Wildman–Crippen MR) is 259 cm³/mol. The zero-order valence-electron chi connectivity index (χ0n) is 41.1. The third-order valence-electron chi connectivity index (χ3n) is 13.4. The maximum atomic E-state index is 12.5. The lowest BCUT2D eigenvalue weighted by Crippen LogP contribution is -2.22. The quantitative estimate of drug-likeness (QED) is 0.0746. The Kier molecular flexibility index (Phi) is 25.0. The molecule has 0 spiro atoms. The van der Waals surface area contributed by atoms with Crippen LogP contribution in [0.5, 0.6) is 11.5 Å². The number of hydrogen-bond donors (Lipinski definition) is 2. The summed E-state index contributed by atoms with van der Waals surface area (Å²) in [5.74, 6) is 1.36. The van der Waals surface area contributed by atoms with Gasteiger partial charge in [0.2, 0.25) is 0 Å². The summed E-state index contributed by atoms with van der Waals surface area (Å²) in [5.41, 5.74) is 11.4. The van der Waals surface area contributed by atoms with Crippen molar-refractivity contribution in [3.05, 3.63) is 56.1 Å². The molecule has 0 aliphatic heterocycles. The summed E-state index contributed by atoms with van der Waals surface area (Å²) in [6, 6.07) is 2.42. The molecule has 0 saturated carbocycles. The van der Waals surface area contributed by atoms with Crippen LogP contribution in [0.1, 0.15) is 292 Å². The van der Waals surface area contributed by atoms with Crippen molar-refractivity contribution in [2.45, 2.75) is 286 Å². The number of unbranched alkanes of at least 4 members (excludes halogenated alkanes) is 21. The van der Waals surface area contributed by atoms with Crippen LogP contribution in [0.15, 0.2) is 6.07 Å². The van der Waals surface area contributed by atoms with Crippen molar-refractivity contribution in [1.29, 1.82) is 0 Å². The van der Waals surface area contributed by atoms with Gasteiger partial charge in [0.05, 0.1) is 0 Å². The fourth-order valence-electron chi connectivity index (χ4n) is 9.98. The molecule has 334 valence electrons. The molecular weight excluding hydrogens is 705 g/mol. The van der Waals surface area contributed by atoms with E-state index >= 15 is 0 Å². The van der Waals surface area contributed by atoms with Crippen LogP contribution in [0.2, 0.25) is 0 Å². The first-order chi connectivity index (χ1) is 27.7. The average Bonchev–Trinajstić information content (AvgIpc) is 3.15. The molecule has 2 aromatic rings. The lowest BCUT2D eigenvalue weighted by Gasteiger charge is -2.35. The van der Waals surface area contributed by atoms with Crippen LogP contribution in [0, 0.1) is 13.8 Å². The molecule has 2 N–H and O–H groups in total. The number of benzene rings is 2. The van der Waals surface area contributed by atoms with E-state index in [1.807, 2.05) is 0 Å². The molecule has 0 saturated heterocycles. The third-order valence-corrected chi connectivity index (χ3v) is 13.4. The smallest absolute Gasteiger partial charge is 0.123 e. The summed E-state index contributed by atoms with van der Waals surface area (Å²) in [6.07, 6.45) is 36.2. The molecule has 0 aromatic heterocycles. The third kappa shape index (κ3) is 16.8. The minimum atomic E-state index is -0.172. The van der Waals surface area contributed by atoms with Crippen LogP contribution in [0.3, 0.4) is 0 Å². The van der Waals surface area contributed by atoms with Gasteiger partial charge in [-0.2, -0.15) is 0 Å². The molecule has 2 aromatic carbocycles. The van der Waals surface area contributed by atoms with Crippen LogP contribution < -0.4 is 0 Å². The largest absolute Gasteiger partial charge is 0.507 e. The lowest BCUT2D eigenvalue weighted by atomic mass is 9.70. The molecule has 2 nitrogen and oxygen atoms in total. The first-order valence-electron chi connectivity index (χ1n) is 25.4. The van der Waals surface area contributed by atoms with Crippen LogP contribution in [0.4, 0.5) is 0 Å². The van der Waals surface area contributed by atoms with Gasteiger partial charge in [0, 0.05) is 11.5 Å². The molecule has 58 heavy (non-hydrogen) atoms. The fourth-order valence-corrected chi connectivity index (χ4v) is 9.98. The van der Waals surface area contributed by atoms with Gasteiger partial charge in [-0.15, -0.1) is 0 Å². The second-order valence-corrected chi connectivity index (χ2v) is 20.7. The maximum absolute atomic E-state index is 12.5. The van der Waals surface area contributed by atoms with Crippen LogP contribution in [-0.4, -0.2) is 10.2 Å². The van der Waals surface area contributed by atoms with Gasteiger partial charge in [0.1, 0.15) is 11.5 Å². The summed E-state index contributed by atoms with van der Waals surface area (Å²) in [6.45, 7) is 27.7. The normalized spacial score (nSPS) is 12.8. The number of phenolic OH excluding ortho intramolecular Hbond substituents is 2. The van der Waals surface area contributed by atoms with Crippen molar-refractivity contribution in [3.8, 4) is 11.5 Å². The highest BCUT2D eigenvalue weighted by Gasteiger charge is 2.34. The van der Waals surface area contributed by atoms with E-state index in [2.05, 4.69) is 89.2 Å². The van der Waals surface area contributed by atoms with E-state index in [-0.39, 0.29) is 16.7 Å². The number of aromatic hydroxyl groups is 2. The van der Waals surface area contributed by atoms with E-state index in [1.165, 1.54) is 186 Å². The van der Waals surface area contributed by atoms with Gasteiger partial charge in [-0.05, 0) is 114 Å². The van der Waals surface area contributed by atoms with Crippen molar-refractivity contribution in [2.75, 3.05) is 0 Å². The van der Waals surface area contributed by atoms with E-state index in [1.54, 1.807) is 0 Å². The molecule has 0 fully saturated rings. The van der Waals surface area contributed by atoms with Crippen LogP contribution in [-0.2, 0) is 30.1 Å². The Morgan fingerprint density at radius 3 is 1.16 bits per heavy atom. The van der Waals surface area contributed by atoms with Gasteiger partial charge in [-0.3, -0.25) is 0 Å². The molecular formula is C56H98O2. The van der Waals surface area contributed by atoms with E-state index in [9.17, 15) is 10.2 Å². The molecule has 0 radical (unpaired) electrons. The number of hydrogen-bond acceptors (Lipinski definition) is 2. The van der Waals surface area contributed by atoms with Crippen molar-refractivity contribution >= 4 is 0 Å². The molecule has 0 amide bonds. The van der Waals surface area contributed by atoms with Gasteiger partial charge in [-0.25, -0.2) is 0 Å². The van der Waals surface area contributed by atoms with Gasteiger partial charge >= 0.3 is 0 Å². The summed E-state index contributed by atoms with van der Waals surface area (Å²) in [5, 5.41) is 24.5. The highest BCUT2D eigenvalue weighted by Crippen LogP contribution is 2.49. The van der Waals surface area contributed by atoms with Crippen LogP contribution in [0.25, 0.3) is 0 Å². The zero-order valence-corrected chi connectivity index (χ0v) is 41.1. The molecule has 2 heteroatoms. The Morgan fingerprint density at radius 1 is 0.431 bits per heavy atom. The SMILES string of the molecule is CCCCCCCCCCc1c(C)c(C(CCC)c2c(C)c(CCCCCCCCCC)c(O)c(C(C)(C)C)c2CCCCCCCCCC)cc(C(C)(C)C)c1O. The molecule has 0 heterocycles. The Labute approximate surface area is 362 Å². The molecule has 0 aliphatic rings. The standard InChI is InChI=1S/C56H98O2/c1-13-17-20-23-26-29-32-35-39-45-43(5)49(42-50(53(45)57)55(7,8)9)47(38-16-4)51-44(6)46(40-36-33-30-27-24-21-18-14-2)54(58)52(56(10,11)12)48(51)41-37-34-31-28-25-22-19-15-3/h42,47,57-58H,13-41H2,1-12H3. The Hall–Kier alpha value is -1.96. The average molecular weight is 803 g/mol. The van der Waals surface area contributed by atoms with Crippen molar-refractivity contribution < 1.29 is 10.2 Å². The number of phenols is 2. The molecule has 1 unspecified atom stereocenters. The number of rotatable bonds is 31. The van der Waals surface area contributed by atoms with E-state index in [0.717, 1.165) is 50.5 Å². The van der Waals surface area contributed by atoms with Crippen molar-refractivity contribution in [2.24, 2.45) is 0 Å². The van der Waals surface area contributed by atoms with E-state index < -0.39 is 0 Å². The van der Waals surface area contributed by atoms with Crippen molar-refractivity contribution in [1.82, 2.24) is 0 Å².